The minimum atomic E-state index is -0.0316. The van der Waals surface area contributed by atoms with E-state index in [1.807, 2.05) is 12.1 Å². The summed E-state index contributed by atoms with van der Waals surface area (Å²) in [5.41, 5.74) is 3.24. The van der Waals surface area contributed by atoms with E-state index in [0.29, 0.717) is 15.8 Å². The second kappa shape index (κ2) is 6.69. The van der Waals surface area contributed by atoms with Crippen LogP contribution in [-0.2, 0) is 0 Å². The molecule has 20 heavy (non-hydrogen) atoms. The van der Waals surface area contributed by atoms with Crippen molar-refractivity contribution < 1.29 is 4.74 Å². The van der Waals surface area contributed by atoms with Crippen molar-refractivity contribution in [3.63, 3.8) is 0 Å². The fourth-order valence-electron chi connectivity index (χ4n) is 1.95. The highest BCUT2D eigenvalue weighted by atomic mass is 79.9. The van der Waals surface area contributed by atoms with E-state index in [-0.39, 0.29) is 4.83 Å². The molecule has 2 aromatic rings. The predicted octanol–water partition coefficient (Wildman–Crippen LogP) is 6.56. The van der Waals surface area contributed by atoms with Gasteiger partial charge in [0, 0.05) is 15.6 Å². The summed E-state index contributed by atoms with van der Waals surface area (Å²) in [5, 5.41) is 1.16. The van der Waals surface area contributed by atoms with Gasteiger partial charge in [-0.05, 0) is 41.8 Å². The summed E-state index contributed by atoms with van der Waals surface area (Å²) in [6.45, 7) is 2.06. The molecule has 5 heteroatoms. The third-order valence-corrected chi connectivity index (χ3v) is 5.16. The summed E-state index contributed by atoms with van der Waals surface area (Å²) in [6, 6.07) is 9.72. The highest BCUT2D eigenvalue weighted by Crippen LogP contribution is 2.41. The number of methoxy groups -OCH3 is 1. The molecule has 0 aliphatic rings. The minimum Gasteiger partial charge on any atom is -0.495 e. The van der Waals surface area contributed by atoms with Gasteiger partial charge in [-0.3, -0.25) is 0 Å². The molecule has 0 aliphatic heterocycles. The van der Waals surface area contributed by atoms with Crippen LogP contribution in [0.15, 0.2) is 34.8 Å². The molecule has 106 valence electrons. The van der Waals surface area contributed by atoms with Gasteiger partial charge in [0.1, 0.15) is 5.75 Å². The molecule has 2 aromatic carbocycles. The highest BCUT2D eigenvalue weighted by Gasteiger charge is 2.18. The average Bonchev–Trinajstić information content (AvgIpc) is 2.42. The van der Waals surface area contributed by atoms with Crippen molar-refractivity contribution in [2.45, 2.75) is 11.8 Å². The van der Waals surface area contributed by atoms with Crippen LogP contribution in [0.4, 0.5) is 0 Å². The third-order valence-electron chi connectivity index (χ3n) is 3.06. The smallest absolute Gasteiger partial charge is 0.138 e. The number of ether oxygens (including phenoxy) is 1. The van der Waals surface area contributed by atoms with Crippen LogP contribution in [0.3, 0.4) is 0 Å². The quantitative estimate of drug-likeness (QED) is 0.493. The molecule has 1 nitrogen and oxygen atoms in total. The minimum absolute atomic E-state index is 0.0316. The van der Waals surface area contributed by atoms with Crippen LogP contribution >= 0.6 is 55.1 Å². The Morgan fingerprint density at radius 3 is 2.40 bits per heavy atom. The Balaban J connectivity index is 2.50. The molecule has 0 spiro atoms. The van der Waals surface area contributed by atoms with Gasteiger partial charge in [0.2, 0.25) is 0 Å². The molecule has 0 fully saturated rings. The van der Waals surface area contributed by atoms with Crippen molar-refractivity contribution in [3.05, 3.63) is 61.5 Å². The lowest BCUT2D eigenvalue weighted by Gasteiger charge is -2.17. The lowest BCUT2D eigenvalue weighted by molar-refractivity contribution is 0.415. The van der Waals surface area contributed by atoms with Crippen molar-refractivity contribution in [2.24, 2.45) is 0 Å². The molecule has 0 bridgehead atoms. The zero-order chi connectivity index (χ0) is 14.9. The highest BCUT2D eigenvalue weighted by molar-refractivity contribution is 9.10. The molecule has 0 heterocycles. The number of hydrogen-bond donors (Lipinski definition) is 0. The summed E-state index contributed by atoms with van der Waals surface area (Å²) >= 11 is 19.7. The lowest BCUT2D eigenvalue weighted by Crippen LogP contribution is -1.98. The van der Waals surface area contributed by atoms with Gasteiger partial charge in [0.15, 0.2) is 0 Å². The van der Waals surface area contributed by atoms with Gasteiger partial charge in [0.25, 0.3) is 0 Å². The first kappa shape index (κ1) is 16.2. The maximum absolute atomic E-state index is 6.34. The zero-order valence-corrected chi connectivity index (χ0v) is 15.6. The van der Waals surface area contributed by atoms with Crippen LogP contribution in [-0.4, -0.2) is 7.11 Å². The molecular formula is C15H12Br2Cl2O. The fraction of sp³-hybridized carbons (Fsp3) is 0.200. The summed E-state index contributed by atoms with van der Waals surface area (Å²) < 4.78 is 6.20. The van der Waals surface area contributed by atoms with Gasteiger partial charge in [-0.15, -0.1) is 0 Å². The molecule has 2 rings (SSSR count). The third kappa shape index (κ3) is 3.33. The van der Waals surface area contributed by atoms with Crippen LogP contribution in [0.5, 0.6) is 5.75 Å². The molecule has 0 saturated carbocycles. The molecule has 0 aromatic heterocycles. The monoisotopic (exact) mass is 436 g/mol. The number of hydrogen-bond acceptors (Lipinski definition) is 1. The van der Waals surface area contributed by atoms with E-state index in [1.54, 1.807) is 13.2 Å². The average molecular weight is 439 g/mol. The van der Waals surface area contributed by atoms with Gasteiger partial charge in [0.05, 0.1) is 17.0 Å². The van der Waals surface area contributed by atoms with Crippen LogP contribution < -0.4 is 4.74 Å². The normalized spacial score (nSPS) is 12.3. The number of benzene rings is 2. The SMILES string of the molecule is COc1cc(Cl)c(C(Br)c2cc(Br)ccc2C)cc1Cl. The van der Waals surface area contributed by atoms with Crippen molar-refractivity contribution in [2.75, 3.05) is 7.11 Å². The van der Waals surface area contributed by atoms with Crippen LogP contribution in [0.1, 0.15) is 21.5 Å². The Kier molecular flexibility index (Phi) is 5.41. The van der Waals surface area contributed by atoms with E-state index >= 15 is 0 Å². The van der Waals surface area contributed by atoms with Crippen molar-refractivity contribution in [1.29, 1.82) is 0 Å². The van der Waals surface area contributed by atoms with E-state index in [4.69, 9.17) is 27.9 Å². The summed E-state index contributed by atoms with van der Waals surface area (Å²) in [5.74, 6) is 0.575. The van der Waals surface area contributed by atoms with Gasteiger partial charge in [-0.25, -0.2) is 0 Å². The first-order valence-corrected chi connectivity index (χ1v) is 8.33. The zero-order valence-electron chi connectivity index (χ0n) is 10.9. The lowest BCUT2D eigenvalue weighted by atomic mass is 10.0. The molecule has 0 amide bonds. The Hall–Kier alpha value is -0.220. The number of halogens is 4. The van der Waals surface area contributed by atoms with Crippen LogP contribution in [0.25, 0.3) is 0 Å². The second-order valence-electron chi connectivity index (χ2n) is 4.37. The molecular weight excluding hydrogens is 427 g/mol. The fourth-order valence-corrected chi connectivity index (χ4v) is 3.84. The maximum atomic E-state index is 6.34. The summed E-state index contributed by atoms with van der Waals surface area (Å²) in [7, 11) is 1.57. The van der Waals surface area contributed by atoms with Gasteiger partial charge in [-0.2, -0.15) is 0 Å². The van der Waals surface area contributed by atoms with Crippen molar-refractivity contribution >= 4 is 55.1 Å². The molecule has 0 aliphatic carbocycles. The number of alkyl halides is 1. The number of aryl methyl sites for hydroxylation is 1. The van der Waals surface area contributed by atoms with Gasteiger partial charge in [-0.1, -0.05) is 61.1 Å². The first-order valence-electron chi connectivity index (χ1n) is 5.87. The summed E-state index contributed by atoms with van der Waals surface area (Å²) in [6.07, 6.45) is 0. The molecule has 1 unspecified atom stereocenters. The predicted molar refractivity (Wildman–Crippen MR) is 92.7 cm³/mol. The Morgan fingerprint density at radius 2 is 1.75 bits per heavy atom. The maximum Gasteiger partial charge on any atom is 0.138 e. The first-order chi connectivity index (χ1) is 9.43. The van der Waals surface area contributed by atoms with Crippen LogP contribution in [0, 0.1) is 6.92 Å². The largest absolute Gasteiger partial charge is 0.495 e. The Labute approximate surface area is 145 Å². The van der Waals surface area contributed by atoms with E-state index in [1.165, 1.54) is 5.56 Å². The summed E-state index contributed by atoms with van der Waals surface area (Å²) in [4.78, 5) is -0.0316. The standard InChI is InChI=1S/C15H12Br2Cl2O/c1-8-3-4-9(16)5-10(8)15(17)11-6-13(19)14(20-2)7-12(11)18/h3-7,15H,1-2H3. The van der Waals surface area contributed by atoms with E-state index < -0.39 is 0 Å². The van der Waals surface area contributed by atoms with E-state index in [2.05, 4.69) is 50.9 Å². The van der Waals surface area contributed by atoms with Crippen molar-refractivity contribution in [1.82, 2.24) is 0 Å². The topological polar surface area (TPSA) is 9.23 Å². The van der Waals surface area contributed by atoms with E-state index in [9.17, 15) is 0 Å². The molecule has 0 radical (unpaired) electrons. The molecule has 0 saturated heterocycles. The van der Waals surface area contributed by atoms with E-state index in [0.717, 1.165) is 15.6 Å². The second-order valence-corrected chi connectivity index (χ2v) is 7.02. The van der Waals surface area contributed by atoms with Crippen LogP contribution in [0.2, 0.25) is 10.0 Å². The van der Waals surface area contributed by atoms with Gasteiger partial charge < -0.3 is 4.74 Å². The Morgan fingerprint density at radius 1 is 1.05 bits per heavy atom. The molecule has 0 N–H and O–H groups in total. The van der Waals surface area contributed by atoms with Gasteiger partial charge >= 0.3 is 0 Å². The number of rotatable bonds is 3. The van der Waals surface area contributed by atoms with Crippen molar-refractivity contribution in [3.8, 4) is 5.75 Å². The molecule has 1 atom stereocenters. The Bertz CT molecular complexity index is 644.